The Morgan fingerprint density at radius 2 is 2.27 bits per heavy atom. The van der Waals surface area contributed by atoms with Gasteiger partial charge in [0.15, 0.2) is 0 Å². The second-order valence-electron chi connectivity index (χ2n) is 5.17. The first-order chi connectivity index (χ1) is 7.18. The molecule has 0 amide bonds. The molecule has 0 spiro atoms. The number of fused-ring (bicyclic) bond motifs is 1. The van der Waals surface area contributed by atoms with Crippen molar-refractivity contribution >= 4 is 8.72 Å². The zero-order valence-electron chi connectivity index (χ0n) is 10.2. The van der Waals surface area contributed by atoms with Gasteiger partial charge in [-0.1, -0.05) is 20.3 Å². The molecule has 0 bridgehead atoms. The van der Waals surface area contributed by atoms with Crippen molar-refractivity contribution in [3.8, 4) is 0 Å². The number of piperidine rings is 1. The maximum absolute atomic E-state index is 6.09. The van der Waals surface area contributed by atoms with Crippen molar-refractivity contribution in [1.29, 1.82) is 0 Å². The Morgan fingerprint density at radius 3 is 2.93 bits per heavy atom. The number of hydrogen-bond donors (Lipinski definition) is 0. The summed E-state index contributed by atoms with van der Waals surface area (Å²) in [5.74, 6) is 0.664. The average Bonchev–Trinajstić information content (AvgIpc) is 2.58. The minimum absolute atomic E-state index is 0.657. The summed E-state index contributed by atoms with van der Waals surface area (Å²) in [4.78, 5) is 0. The standard InChI is InChI=1S/C11H23NO2Si/c1-10(2)9-15(13-3)12-7-5-4-6-11(12)8-14-15/h10-11H,4-9H2,1-3H3. The average molecular weight is 229 g/mol. The summed E-state index contributed by atoms with van der Waals surface area (Å²) < 4.78 is 14.5. The molecule has 88 valence electrons. The summed E-state index contributed by atoms with van der Waals surface area (Å²) in [6, 6.07) is 1.77. The quantitative estimate of drug-likeness (QED) is 0.692. The molecule has 0 N–H and O–H groups in total. The highest BCUT2D eigenvalue weighted by molar-refractivity contribution is 6.65. The molecule has 15 heavy (non-hydrogen) atoms. The predicted molar refractivity (Wildman–Crippen MR) is 62.7 cm³/mol. The summed E-state index contributed by atoms with van der Waals surface area (Å²) in [5.41, 5.74) is 0. The van der Waals surface area contributed by atoms with Crippen LogP contribution in [0, 0.1) is 5.92 Å². The largest absolute Gasteiger partial charge is 0.428 e. The van der Waals surface area contributed by atoms with Crippen LogP contribution >= 0.6 is 0 Å². The van der Waals surface area contributed by atoms with Crippen molar-refractivity contribution in [3.63, 3.8) is 0 Å². The number of nitrogens with zero attached hydrogens (tertiary/aromatic N) is 1. The molecule has 2 saturated heterocycles. The highest BCUT2D eigenvalue weighted by Gasteiger charge is 2.53. The van der Waals surface area contributed by atoms with Crippen LogP contribution in [0.1, 0.15) is 33.1 Å². The van der Waals surface area contributed by atoms with Gasteiger partial charge in [0.2, 0.25) is 0 Å². The topological polar surface area (TPSA) is 21.7 Å². The first-order valence-electron chi connectivity index (χ1n) is 6.14. The Labute approximate surface area is 94.1 Å². The van der Waals surface area contributed by atoms with Gasteiger partial charge in [-0.2, -0.15) is 0 Å². The molecule has 0 saturated carbocycles. The van der Waals surface area contributed by atoms with E-state index in [-0.39, 0.29) is 0 Å². The normalized spacial score (nSPS) is 37.2. The van der Waals surface area contributed by atoms with Crippen molar-refractivity contribution in [1.82, 2.24) is 4.57 Å². The van der Waals surface area contributed by atoms with Crippen molar-refractivity contribution in [3.05, 3.63) is 0 Å². The van der Waals surface area contributed by atoms with Crippen molar-refractivity contribution in [2.45, 2.75) is 45.2 Å². The summed E-state index contributed by atoms with van der Waals surface area (Å²) in [6.45, 7) is 6.62. The van der Waals surface area contributed by atoms with Gasteiger partial charge >= 0.3 is 8.72 Å². The van der Waals surface area contributed by atoms with Crippen LogP contribution in [-0.2, 0) is 8.85 Å². The maximum Gasteiger partial charge on any atom is 0.428 e. The second kappa shape index (κ2) is 4.53. The fourth-order valence-electron chi connectivity index (χ4n) is 2.88. The van der Waals surface area contributed by atoms with Crippen LogP contribution in [0.3, 0.4) is 0 Å². The molecule has 0 aliphatic carbocycles. The van der Waals surface area contributed by atoms with E-state index in [9.17, 15) is 0 Å². The van der Waals surface area contributed by atoms with E-state index in [4.69, 9.17) is 8.85 Å². The Hall–Kier alpha value is 0.0969. The van der Waals surface area contributed by atoms with Gasteiger partial charge in [-0.3, -0.25) is 4.57 Å². The molecule has 2 aliphatic rings. The van der Waals surface area contributed by atoms with Crippen LogP contribution in [0.15, 0.2) is 0 Å². The fraction of sp³-hybridized carbons (Fsp3) is 1.00. The van der Waals surface area contributed by atoms with E-state index in [0.29, 0.717) is 12.0 Å². The van der Waals surface area contributed by atoms with Crippen LogP contribution < -0.4 is 0 Å². The molecular weight excluding hydrogens is 206 g/mol. The molecule has 3 nitrogen and oxygen atoms in total. The third-order valence-electron chi connectivity index (χ3n) is 3.55. The zero-order chi connectivity index (χ0) is 10.9. The lowest BCUT2D eigenvalue weighted by Crippen LogP contribution is -2.57. The van der Waals surface area contributed by atoms with Crippen molar-refractivity contribution in [2.24, 2.45) is 5.92 Å². The van der Waals surface area contributed by atoms with Gasteiger partial charge in [0.1, 0.15) is 0 Å². The Kier molecular flexibility index (Phi) is 3.50. The van der Waals surface area contributed by atoms with Gasteiger partial charge < -0.3 is 8.85 Å². The lowest BCUT2D eigenvalue weighted by atomic mass is 10.1. The molecule has 0 aromatic rings. The van der Waals surface area contributed by atoms with E-state index in [1.807, 2.05) is 7.11 Å². The summed E-state index contributed by atoms with van der Waals surface area (Å²) in [5, 5.41) is 0. The molecule has 0 aromatic heterocycles. The van der Waals surface area contributed by atoms with Crippen molar-refractivity contribution in [2.75, 3.05) is 20.3 Å². The van der Waals surface area contributed by atoms with Crippen LogP contribution in [-0.4, -0.2) is 39.6 Å². The van der Waals surface area contributed by atoms with Gasteiger partial charge in [-0.25, -0.2) is 0 Å². The highest BCUT2D eigenvalue weighted by Crippen LogP contribution is 2.35. The summed E-state index contributed by atoms with van der Waals surface area (Å²) >= 11 is 0. The van der Waals surface area contributed by atoms with Gasteiger partial charge in [0.05, 0.1) is 6.61 Å². The minimum atomic E-state index is -2.00. The van der Waals surface area contributed by atoms with Gasteiger partial charge in [-0.05, 0) is 25.3 Å². The predicted octanol–water partition coefficient (Wildman–Crippen LogP) is 2.11. The lowest BCUT2D eigenvalue weighted by molar-refractivity contribution is 0.199. The number of rotatable bonds is 3. The fourth-order valence-corrected chi connectivity index (χ4v) is 6.66. The molecule has 2 fully saturated rings. The maximum atomic E-state index is 6.09. The van der Waals surface area contributed by atoms with Gasteiger partial charge in [0.25, 0.3) is 0 Å². The van der Waals surface area contributed by atoms with Crippen LogP contribution in [0.2, 0.25) is 6.04 Å². The van der Waals surface area contributed by atoms with E-state index in [0.717, 1.165) is 12.7 Å². The van der Waals surface area contributed by atoms with Crippen LogP contribution in [0.5, 0.6) is 0 Å². The Bertz CT molecular complexity index is 225. The Balaban J connectivity index is 2.11. The van der Waals surface area contributed by atoms with Gasteiger partial charge in [-0.15, -0.1) is 0 Å². The summed E-state index contributed by atoms with van der Waals surface area (Å²) in [6.07, 6.45) is 3.98. The van der Waals surface area contributed by atoms with E-state index in [2.05, 4.69) is 18.4 Å². The molecule has 2 heterocycles. The molecule has 2 unspecified atom stereocenters. The smallest absolute Gasteiger partial charge is 0.386 e. The Morgan fingerprint density at radius 1 is 1.47 bits per heavy atom. The lowest BCUT2D eigenvalue weighted by Gasteiger charge is -2.38. The summed E-state index contributed by atoms with van der Waals surface area (Å²) in [7, 11) is -0.159. The molecule has 2 aliphatic heterocycles. The van der Waals surface area contributed by atoms with E-state index >= 15 is 0 Å². The molecular formula is C11H23NO2Si. The number of hydrogen-bond acceptors (Lipinski definition) is 3. The highest BCUT2D eigenvalue weighted by atomic mass is 28.4. The monoisotopic (exact) mass is 229 g/mol. The minimum Gasteiger partial charge on any atom is -0.386 e. The van der Waals surface area contributed by atoms with Crippen LogP contribution in [0.4, 0.5) is 0 Å². The van der Waals surface area contributed by atoms with E-state index in [1.54, 1.807) is 0 Å². The zero-order valence-corrected chi connectivity index (χ0v) is 11.2. The first-order valence-corrected chi connectivity index (χ1v) is 8.11. The first kappa shape index (κ1) is 11.6. The van der Waals surface area contributed by atoms with E-state index in [1.165, 1.54) is 25.8 Å². The van der Waals surface area contributed by atoms with Crippen LogP contribution in [0.25, 0.3) is 0 Å². The van der Waals surface area contributed by atoms with Gasteiger partial charge in [0, 0.05) is 19.2 Å². The third-order valence-corrected chi connectivity index (χ3v) is 7.60. The molecule has 2 atom stereocenters. The molecule has 2 rings (SSSR count). The second-order valence-corrected chi connectivity index (χ2v) is 8.27. The molecule has 4 heteroatoms. The third kappa shape index (κ3) is 2.13. The van der Waals surface area contributed by atoms with Crippen molar-refractivity contribution < 1.29 is 8.85 Å². The SMILES string of the molecule is CO[Si]1(CC(C)C)OCC2CCCCN21. The van der Waals surface area contributed by atoms with E-state index < -0.39 is 8.72 Å². The molecule has 0 aromatic carbocycles. The molecule has 0 radical (unpaired) electrons.